The van der Waals surface area contributed by atoms with E-state index in [1.165, 1.54) is 12.1 Å². The molecule has 0 spiro atoms. The van der Waals surface area contributed by atoms with E-state index in [4.69, 9.17) is 9.88 Å². The van der Waals surface area contributed by atoms with Gasteiger partial charge < -0.3 is 10.1 Å². The molecule has 1 fully saturated rings. The van der Waals surface area contributed by atoms with Crippen molar-refractivity contribution in [1.29, 1.82) is 0 Å². The molecule has 1 aliphatic rings. The van der Waals surface area contributed by atoms with E-state index in [2.05, 4.69) is 10.2 Å². The summed E-state index contributed by atoms with van der Waals surface area (Å²) >= 11 is 0. The van der Waals surface area contributed by atoms with Gasteiger partial charge in [0.05, 0.1) is 18.1 Å². The second-order valence-electron chi connectivity index (χ2n) is 7.00. The largest absolute Gasteiger partial charge is 0.379 e. The molecule has 2 aromatic carbocycles. The molecule has 28 heavy (non-hydrogen) atoms. The van der Waals surface area contributed by atoms with Gasteiger partial charge in [0.25, 0.3) is 5.91 Å². The number of amides is 1. The number of rotatable bonds is 5. The molecule has 1 heterocycles. The Morgan fingerprint density at radius 1 is 1.18 bits per heavy atom. The number of ether oxygens (including phenoxy) is 1. The van der Waals surface area contributed by atoms with Crippen molar-refractivity contribution in [3.05, 3.63) is 58.7 Å². The summed E-state index contributed by atoms with van der Waals surface area (Å²) in [7, 11) is -3.86. The summed E-state index contributed by atoms with van der Waals surface area (Å²) < 4.78 is 28.7. The van der Waals surface area contributed by atoms with Crippen LogP contribution in [0.2, 0.25) is 0 Å². The van der Waals surface area contributed by atoms with Crippen LogP contribution in [0.3, 0.4) is 0 Å². The summed E-state index contributed by atoms with van der Waals surface area (Å²) in [6.07, 6.45) is 0. The van der Waals surface area contributed by atoms with Gasteiger partial charge in [-0.1, -0.05) is 12.1 Å². The number of morpholine rings is 1. The Morgan fingerprint density at radius 2 is 1.89 bits per heavy atom. The minimum Gasteiger partial charge on any atom is -0.379 e. The van der Waals surface area contributed by atoms with Gasteiger partial charge in [-0.15, -0.1) is 0 Å². The number of anilines is 1. The van der Waals surface area contributed by atoms with Gasteiger partial charge in [-0.05, 0) is 54.8 Å². The minimum absolute atomic E-state index is 0.0213. The first-order valence-electron chi connectivity index (χ1n) is 9.08. The molecular weight excluding hydrogens is 378 g/mol. The quantitative estimate of drug-likeness (QED) is 0.795. The molecule has 1 amide bonds. The average molecular weight is 404 g/mol. The van der Waals surface area contributed by atoms with Crippen LogP contribution >= 0.6 is 0 Å². The third-order valence-corrected chi connectivity index (χ3v) is 5.81. The fraction of sp³-hybridized carbons (Fsp3) is 0.350. The highest BCUT2D eigenvalue weighted by Crippen LogP contribution is 2.24. The molecule has 1 saturated heterocycles. The highest BCUT2D eigenvalue weighted by Gasteiger charge is 2.16. The Bertz CT molecular complexity index is 983. The number of nitrogens with two attached hydrogens (primary N) is 1. The van der Waals surface area contributed by atoms with Crippen molar-refractivity contribution < 1.29 is 17.9 Å². The standard InChI is InChI=1S/C20H25N3O4S/c1-14-10-18(28(21,25)26)12-19(15(14)2)22-20(24)17-5-3-4-16(11-17)13-23-6-8-27-9-7-23/h3-5,10-12H,6-9,13H2,1-2H3,(H,22,24)(H2,21,25,26). The topological polar surface area (TPSA) is 102 Å². The van der Waals surface area contributed by atoms with Gasteiger partial charge in [0.2, 0.25) is 10.0 Å². The first-order chi connectivity index (χ1) is 13.2. The normalized spacial score (nSPS) is 15.4. The van der Waals surface area contributed by atoms with Crippen molar-refractivity contribution in [2.24, 2.45) is 5.14 Å². The van der Waals surface area contributed by atoms with E-state index in [-0.39, 0.29) is 10.8 Å². The number of carbonyl (C=O) groups is 1. The number of nitrogens with zero attached hydrogens (tertiary/aromatic N) is 1. The summed E-state index contributed by atoms with van der Waals surface area (Å²) in [6, 6.07) is 10.3. The van der Waals surface area contributed by atoms with Crippen LogP contribution in [-0.2, 0) is 21.3 Å². The average Bonchev–Trinajstić information content (AvgIpc) is 2.65. The van der Waals surface area contributed by atoms with Crippen molar-refractivity contribution >= 4 is 21.6 Å². The molecule has 2 aromatic rings. The lowest BCUT2D eigenvalue weighted by atomic mass is 10.1. The van der Waals surface area contributed by atoms with E-state index in [0.29, 0.717) is 11.3 Å². The summed E-state index contributed by atoms with van der Waals surface area (Å²) in [5.41, 5.74) is 3.53. The fourth-order valence-electron chi connectivity index (χ4n) is 3.14. The van der Waals surface area contributed by atoms with Gasteiger partial charge >= 0.3 is 0 Å². The first kappa shape index (κ1) is 20.5. The second-order valence-corrected chi connectivity index (χ2v) is 8.56. The predicted molar refractivity (Wildman–Crippen MR) is 108 cm³/mol. The van der Waals surface area contributed by atoms with Gasteiger partial charge in [0, 0.05) is 30.9 Å². The van der Waals surface area contributed by atoms with Gasteiger partial charge in [-0.25, -0.2) is 13.6 Å². The molecule has 0 unspecified atom stereocenters. The predicted octanol–water partition coefficient (Wildman–Crippen LogP) is 2.04. The van der Waals surface area contributed by atoms with Crippen molar-refractivity contribution in [1.82, 2.24) is 4.90 Å². The lowest BCUT2D eigenvalue weighted by Crippen LogP contribution is -2.35. The zero-order chi connectivity index (χ0) is 20.3. The van der Waals surface area contributed by atoms with E-state index in [1.807, 2.05) is 25.1 Å². The number of benzene rings is 2. The van der Waals surface area contributed by atoms with Crippen molar-refractivity contribution in [2.75, 3.05) is 31.6 Å². The Balaban J connectivity index is 1.80. The number of sulfonamides is 1. The Hall–Kier alpha value is -2.26. The third kappa shape index (κ3) is 4.96. The minimum atomic E-state index is -3.86. The van der Waals surface area contributed by atoms with Crippen LogP contribution in [-0.4, -0.2) is 45.5 Å². The third-order valence-electron chi connectivity index (χ3n) is 4.92. The molecule has 0 saturated carbocycles. The zero-order valence-corrected chi connectivity index (χ0v) is 16.9. The molecule has 1 aliphatic heterocycles. The summed E-state index contributed by atoms with van der Waals surface area (Å²) in [5, 5.41) is 8.06. The SMILES string of the molecule is Cc1cc(S(N)(=O)=O)cc(NC(=O)c2cccc(CN3CCOCC3)c2)c1C. The van der Waals surface area contributed by atoms with Crippen LogP contribution in [0.1, 0.15) is 27.0 Å². The number of nitrogens with one attached hydrogen (secondary N) is 1. The number of hydrogen-bond acceptors (Lipinski definition) is 5. The van der Waals surface area contributed by atoms with Gasteiger partial charge in [0.1, 0.15) is 0 Å². The summed E-state index contributed by atoms with van der Waals surface area (Å²) in [4.78, 5) is 15.0. The van der Waals surface area contributed by atoms with Crippen molar-refractivity contribution in [3.8, 4) is 0 Å². The van der Waals surface area contributed by atoms with Crippen LogP contribution in [0, 0.1) is 13.8 Å². The Morgan fingerprint density at radius 3 is 2.57 bits per heavy atom. The highest BCUT2D eigenvalue weighted by molar-refractivity contribution is 7.89. The first-order valence-corrected chi connectivity index (χ1v) is 10.6. The van der Waals surface area contributed by atoms with Gasteiger partial charge in [0.15, 0.2) is 0 Å². The highest BCUT2D eigenvalue weighted by atomic mass is 32.2. The molecule has 0 aliphatic carbocycles. The van der Waals surface area contributed by atoms with Crippen molar-refractivity contribution in [2.45, 2.75) is 25.3 Å². The van der Waals surface area contributed by atoms with Gasteiger partial charge in [-0.2, -0.15) is 0 Å². The molecule has 150 valence electrons. The lowest BCUT2D eigenvalue weighted by Gasteiger charge is -2.26. The monoisotopic (exact) mass is 403 g/mol. The molecule has 0 radical (unpaired) electrons. The summed E-state index contributed by atoms with van der Waals surface area (Å²) in [6.45, 7) is 7.54. The molecular formula is C20H25N3O4S. The maximum Gasteiger partial charge on any atom is 0.255 e. The van der Waals surface area contributed by atoms with E-state index in [9.17, 15) is 13.2 Å². The van der Waals surface area contributed by atoms with Crippen LogP contribution in [0.4, 0.5) is 5.69 Å². The number of carbonyl (C=O) groups excluding carboxylic acids is 1. The van der Waals surface area contributed by atoms with Crippen LogP contribution in [0.25, 0.3) is 0 Å². The molecule has 0 atom stereocenters. The van der Waals surface area contributed by atoms with Gasteiger partial charge in [-0.3, -0.25) is 9.69 Å². The van der Waals surface area contributed by atoms with E-state index in [1.54, 1.807) is 13.0 Å². The fourth-order valence-corrected chi connectivity index (χ4v) is 3.77. The van der Waals surface area contributed by atoms with Crippen LogP contribution in [0.5, 0.6) is 0 Å². The molecule has 0 aromatic heterocycles. The Labute approximate surface area is 165 Å². The van der Waals surface area contributed by atoms with E-state index >= 15 is 0 Å². The molecule has 3 N–H and O–H groups in total. The molecule has 8 heteroatoms. The van der Waals surface area contributed by atoms with E-state index < -0.39 is 10.0 Å². The maximum atomic E-state index is 12.8. The zero-order valence-electron chi connectivity index (χ0n) is 16.1. The van der Waals surface area contributed by atoms with Crippen LogP contribution in [0.15, 0.2) is 41.3 Å². The number of aryl methyl sites for hydroxylation is 1. The number of primary sulfonamides is 1. The van der Waals surface area contributed by atoms with Crippen molar-refractivity contribution in [3.63, 3.8) is 0 Å². The molecule has 0 bridgehead atoms. The smallest absolute Gasteiger partial charge is 0.255 e. The molecule has 7 nitrogen and oxygen atoms in total. The number of hydrogen-bond donors (Lipinski definition) is 2. The van der Waals surface area contributed by atoms with Crippen LogP contribution < -0.4 is 10.5 Å². The lowest BCUT2D eigenvalue weighted by molar-refractivity contribution is 0.0342. The summed E-state index contributed by atoms with van der Waals surface area (Å²) in [5.74, 6) is -0.294. The Kier molecular flexibility index (Phi) is 6.14. The van der Waals surface area contributed by atoms with E-state index in [0.717, 1.165) is 49.5 Å². The second kappa shape index (κ2) is 8.40. The molecule has 3 rings (SSSR count). The maximum absolute atomic E-state index is 12.8.